The monoisotopic (exact) mass is 299 g/mol. The number of likely N-dealkylation sites (N-methyl/N-ethyl adjacent to an activating group) is 1. The predicted molar refractivity (Wildman–Crippen MR) is 87.4 cm³/mol. The fourth-order valence-corrected chi connectivity index (χ4v) is 2.62. The van der Waals surface area contributed by atoms with Gasteiger partial charge in [0.05, 0.1) is 17.7 Å². The molecule has 0 spiro atoms. The first-order chi connectivity index (χ1) is 10.0. The standard InChI is InChI=1S/C17H18ClN3/c1-12(20)17(14-6-8-15(18)9-7-14)21(2)16-5-3-4-13(10-16)11-19/h3-10,12,17H,20H2,1-2H3. The summed E-state index contributed by atoms with van der Waals surface area (Å²) >= 11 is 5.95. The van der Waals surface area contributed by atoms with Gasteiger partial charge >= 0.3 is 0 Å². The van der Waals surface area contributed by atoms with E-state index in [1.165, 1.54) is 0 Å². The van der Waals surface area contributed by atoms with E-state index in [1.807, 2.05) is 56.4 Å². The molecule has 0 bridgehead atoms. The van der Waals surface area contributed by atoms with Gasteiger partial charge in [0.2, 0.25) is 0 Å². The first-order valence-corrected chi connectivity index (χ1v) is 7.14. The molecule has 2 unspecified atom stereocenters. The second-order valence-corrected chi connectivity index (χ2v) is 5.56. The molecule has 108 valence electrons. The highest BCUT2D eigenvalue weighted by atomic mass is 35.5. The summed E-state index contributed by atoms with van der Waals surface area (Å²) in [5.74, 6) is 0. The van der Waals surface area contributed by atoms with Crippen molar-refractivity contribution in [2.45, 2.75) is 19.0 Å². The minimum Gasteiger partial charge on any atom is -0.366 e. The minimum absolute atomic E-state index is 0.0104. The third-order valence-corrected chi connectivity index (χ3v) is 3.76. The quantitative estimate of drug-likeness (QED) is 0.935. The molecule has 0 aromatic heterocycles. The van der Waals surface area contributed by atoms with Crippen LogP contribution in [0.5, 0.6) is 0 Å². The van der Waals surface area contributed by atoms with Crippen LogP contribution in [0.1, 0.15) is 24.1 Å². The van der Waals surface area contributed by atoms with Crippen LogP contribution in [-0.2, 0) is 0 Å². The average Bonchev–Trinajstić information content (AvgIpc) is 2.49. The summed E-state index contributed by atoms with van der Waals surface area (Å²) in [6.07, 6.45) is 0. The predicted octanol–water partition coefficient (Wildman–Crippen LogP) is 3.74. The van der Waals surface area contributed by atoms with E-state index in [-0.39, 0.29) is 12.1 Å². The van der Waals surface area contributed by atoms with Crippen molar-refractivity contribution in [3.63, 3.8) is 0 Å². The molecule has 0 aliphatic rings. The zero-order chi connectivity index (χ0) is 15.4. The molecular weight excluding hydrogens is 282 g/mol. The van der Waals surface area contributed by atoms with Crippen molar-refractivity contribution >= 4 is 17.3 Å². The largest absolute Gasteiger partial charge is 0.366 e. The van der Waals surface area contributed by atoms with Gasteiger partial charge in [-0.05, 0) is 42.8 Å². The Morgan fingerprint density at radius 3 is 2.43 bits per heavy atom. The molecule has 0 radical (unpaired) electrons. The fourth-order valence-electron chi connectivity index (χ4n) is 2.50. The summed E-state index contributed by atoms with van der Waals surface area (Å²) in [6.45, 7) is 1.98. The summed E-state index contributed by atoms with van der Waals surface area (Å²) in [7, 11) is 1.99. The molecular formula is C17H18ClN3. The lowest BCUT2D eigenvalue weighted by molar-refractivity contribution is 0.558. The van der Waals surface area contributed by atoms with Crippen molar-refractivity contribution in [1.29, 1.82) is 5.26 Å². The topological polar surface area (TPSA) is 53.0 Å². The second kappa shape index (κ2) is 6.62. The van der Waals surface area contributed by atoms with Crippen LogP contribution >= 0.6 is 11.6 Å². The lowest BCUT2D eigenvalue weighted by atomic mass is 9.99. The van der Waals surface area contributed by atoms with Gasteiger partial charge in [-0.1, -0.05) is 29.8 Å². The van der Waals surface area contributed by atoms with Crippen molar-refractivity contribution in [3.05, 3.63) is 64.7 Å². The molecule has 0 fully saturated rings. The van der Waals surface area contributed by atoms with Crippen LogP contribution in [0.3, 0.4) is 0 Å². The highest BCUT2D eigenvalue weighted by Crippen LogP contribution is 2.29. The van der Waals surface area contributed by atoms with E-state index in [4.69, 9.17) is 22.6 Å². The summed E-state index contributed by atoms with van der Waals surface area (Å²) < 4.78 is 0. The van der Waals surface area contributed by atoms with E-state index >= 15 is 0 Å². The van der Waals surface area contributed by atoms with Crippen molar-refractivity contribution in [2.24, 2.45) is 5.73 Å². The van der Waals surface area contributed by atoms with Crippen LogP contribution in [0.25, 0.3) is 0 Å². The average molecular weight is 300 g/mol. The van der Waals surface area contributed by atoms with Crippen LogP contribution in [-0.4, -0.2) is 13.1 Å². The molecule has 2 aromatic carbocycles. The Morgan fingerprint density at radius 1 is 1.19 bits per heavy atom. The Balaban J connectivity index is 2.37. The van der Waals surface area contributed by atoms with Gasteiger partial charge in [0.15, 0.2) is 0 Å². The molecule has 2 aromatic rings. The first-order valence-electron chi connectivity index (χ1n) is 6.77. The van der Waals surface area contributed by atoms with E-state index in [9.17, 15) is 0 Å². The molecule has 3 nitrogen and oxygen atoms in total. The molecule has 0 aliphatic heterocycles. The summed E-state index contributed by atoms with van der Waals surface area (Å²) in [5, 5.41) is 9.74. The maximum Gasteiger partial charge on any atom is 0.0992 e. The Morgan fingerprint density at radius 2 is 1.86 bits per heavy atom. The van der Waals surface area contributed by atoms with Gasteiger partial charge in [-0.15, -0.1) is 0 Å². The maximum atomic E-state index is 9.03. The normalized spacial score (nSPS) is 13.3. The summed E-state index contributed by atoms with van der Waals surface area (Å²) in [5.41, 5.74) is 8.87. The van der Waals surface area contributed by atoms with Gasteiger partial charge in [-0.3, -0.25) is 0 Å². The van der Waals surface area contributed by atoms with Gasteiger partial charge in [0.25, 0.3) is 0 Å². The van der Waals surface area contributed by atoms with Crippen molar-refractivity contribution in [1.82, 2.24) is 0 Å². The van der Waals surface area contributed by atoms with Crippen LogP contribution < -0.4 is 10.6 Å². The van der Waals surface area contributed by atoms with E-state index in [0.29, 0.717) is 10.6 Å². The molecule has 2 N–H and O–H groups in total. The van der Waals surface area contributed by atoms with E-state index in [2.05, 4.69) is 11.0 Å². The highest BCUT2D eigenvalue weighted by Gasteiger charge is 2.21. The Labute approximate surface area is 130 Å². The van der Waals surface area contributed by atoms with Gasteiger partial charge in [-0.25, -0.2) is 0 Å². The molecule has 0 amide bonds. The van der Waals surface area contributed by atoms with E-state index < -0.39 is 0 Å². The highest BCUT2D eigenvalue weighted by molar-refractivity contribution is 6.30. The summed E-state index contributed by atoms with van der Waals surface area (Å²) in [6, 6.07) is 17.3. The number of nitrogens with zero attached hydrogens (tertiary/aromatic N) is 2. The lowest BCUT2D eigenvalue weighted by Crippen LogP contribution is -2.37. The number of rotatable bonds is 4. The van der Waals surface area contributed by atoms with Crippen LogP contribution in [0.15, 0.2) is 48.5 Å². The van der Waals surface area contributed by atoms with Crippen molar-refractivity contribution < 1.29 is 0 Å². The Hall–Kier alpha value is -2.02. The molecule has 0 saturated carbocycles. The van der Waals surface area contributed by atoms with Crippen molar-refractivity contribution in [2.75, 3.05) is 11.9 Å². The number of anilines is 1. The zero-order valence-electron chi connectivity index (χ0n) is 12.1. The number of nitrogens with two attached hydrogens (primary N) is 1. The van der Waals surface area contributed by atoms with Gasteiger partial charge < -0.3 is 10.6 Å². The Kier molecular flexibility index (Phi) is 4.85. The number of benzene rings is 2. The van der Waals surface area contributed by atoms with E-state index in [0.717, 1.165) is 11.3 Å². The molecule has 4 heteroatoms. The number of halogens is 1. The van der Waals surface area contributed by atoms with Crippen molar-refractivity contribution in [3.8, 4) is 6.07 Å². The maximum absolute atomic E-state index is 9.03. The number of nitriles is 1. The summed E-state index contributed by atoms with van der Waals surface area (Å²) in [4.78, 5) is 2.09. The molecule has 0 saturated heterocycles. The smallest absolute Gasteiger partial charge is 0.0992 e. The number of hydrogen-bond acceptors (Lipinski definition) is 3. The molecule has 0 heterocycles. The SMILES string of the molecule is CC(N)C(c1ccc(Cl)cc1)N(C)c1cccc(C#N)c1. The van der Waals surface area contributed by atoms with Crippen LogP contribution in [0.2, 0.25) is 5.02 Å². The molecule has 2 atom stereocenters. The molecule has 21 heavy (non-hydrogen) atoms. The van der Waals surface area contributed by atoms with Gasteiger partial charge in [-0.2, -0.15) is 5.26 Å². The third-order valence-electron chi connectivity index (χ3n) is 3.51. The van der Waals surface area contributed by atoms with Crippen LogP contribution in [0, 0.1) is 11.3 Å². The lowest BCUT2D eigenvalue weighted by Gasteiger charge is -2.33. The molecule has 0 aliphatic carbocycles. The number of hydrogen-bond donors (Lipinski definition) is 1. The van der Waals surface area contributed by atoms with Crippen LogP contribution in [0.4, 0.5) is 5.69 Å². The van der Waals surface area contributed by atoms with Gasteiger partial charge in [0, 0.05) is 23.8 Å². The second-order valence-electron chi connectivity index (χ2n) is 5.13. The fraction of sp³-hybridized carbons (Fsp3) is 0.235. The van der Waals surface area contributed by atoms with E-state index in [1.54, 1.807) is 6.07 Å². The minimum atomic E-state index is -0.0677. The zero-order valence-corrected chi connectivity index (χ0v) is 12.9. The third kappa shape index (κ3) is 3.55. The Bertz CT molecular complexity index is 644. The first kappa shape index (κ1) is 15.4. The van der Waals surface area contributed by atoms with Gasteiger partial charge in [0.1, 0.15) is 0 Å². The molecule has 2 rings (SSSR count).